The summed E-state index contributed by atoms with van der Waals surface area (Å²) in [4.78, 5) is 27.5. The second kappa shape index (κ2) is 9.21. The summed E-state index contributed by atoms with van der Waals surface area (Å²) in [6.45, 7) is 0.0281. The van der Waals surface area contributed by atoms with Crippen LogP contribution in [0.15, 0.2) is 64.8 Å². The molecule has 1 fully saturated rings. The number of benzene rings is 2. The largest absolute Gasteiger partial charge is 0.507 e. The summed E-state index contributed by atoms with van der Waals surface area (Å²) in [5, 5.41) is 11.5. The van der Waals surface area contributed by atoms with Crippen molar-refractivity contribution in [1.82, 2.24) is 4.90 Å². The van der Waals surface area contributed by atoms with Gasteiger partial charge in [0.25, 0.3) is 11.7 Å². The van der Waals surface area contributed by atoms with Crippen LogP contribution in [0.5, 0.6) is 11.5 Å². The molecule has 33 heavy (non-hydrogen) atoms. The van der Waals surface area contributed by atoms with Crippen molar-refractivity contribution in [2.75, 3.05) is 14.2 Å². The lowest BCUT2D eigenvalue weighted by molar-refractivity contribution is -0.140. The van der Waals surface area contributed by atoms with E-state index in [1.165, 1.54) is 37.5 Å². The van der Waals surface area contributed by atoms with E-state index in [9.17, 15) is 14.7 Å². The lowest BCUT2D eigenvalue weighted by atomic mass is 9.95. The minimum atomic E-state index is -0.898. The maximum atomic E-state index is 13.1. The lowest BCUT2D eigenvalue weighted by Gasteiger charge is -2.25. The van der Waals surface area contributed by atoms with Crippen molar-refractivity contribution in [3.63, 3.8) is 0 Å². The molecular weight excluding hydrogens is 469 g/mol. The number of amides is 1. The first-order valence-electron chi connectivity index (χ1n) is 9.83. The number of rotatable bonds is 6. The zero-order chi connectivity index (χ0) is 23.7. The summed E-state index contributed by atoms with van der Waals surface area (Å²) in [5.74, 6) is -0.763. The second-order valence-corrected chi connectivity index (χ2v) is 8.07. The molecule has 2 aromatic carbocycles. The molecule has 1 N–H and O–H groups in total. The molecule has 1 aromatic heterocycles. The Morgan fingerprint density at radius 1 is 1.06 bits per heavy atom. The molecule has 170 valence electrons. The van der Waals surface area contributed by atoms with Gasteiger partial charge in [-0.15, -0.1) is 0 Å². The molecule has 9 heteroatoms. The monoisotopic (exact) mass is 487 g/mol. The molecule has 0 bridgehead atoms. The molecule has 4 rings (SSSR count). The zero-order valence-electron chi connectivity index (χ0n) is 17.7. The van der Waals surface area contributed by atoms with Gasteiger partial charge >= 0.3 is 0 Å². The number of methoxy groups -OCH3 is 2. The van der Waals surface area contributed by atoms with Crippen molar-refractivity contribution in [1.29, 1.82) is 0 Å². The average molecular weight is 488 g/mol. The standard InChI is InChI=1S/C24H19Cl2NO6/c1-31-15-6-3-5-13(9-15)20-19(21(28)14-10-17(25)23(32-2)18(26)11-14)22(29)24(30)27(20)12-16-7-4-8-33-16/h3-11,20,28H,12H2,1-2H3/b21-19+. The summed E-state index contributed by atoms with van der Waals surface area (Å²) in [5.41, 5.74) is 0.652. The number of Topliss-reactive ketones (excluding diaryl/α,β-unsaturated/α-hetero) is 1. The summed E-state index contributed by atoms with van der Waals surface area (Å²) >= 11 is 12.5. The molecule has 7 nitrogen and oxygen atoms in total. The van der Waals surface area contributed by atoms with Gasteiger partial charge in [-0.3, -0.25) is 9.59 Å². The first-order valence-corrected chi connectivity index (χ1v) is 10.6. The van der Waals surface area contributed by atoms with Crippen LogP contribution >= 0.6 is 23.2 Å². The Balaban J connectivity index is 1.90. The van der Waals surface area contributed by atoms with E-state index in [2.05, 4.69) is 0 Å². The van der Waals surface area contributed by atoms with E-state index in [1.54, 1.807) is 36.4 Å². The van der Waals surface area contributed by atoms with Crippen LogP contribution in [0.3, 0.4) is 0 Å². The summed E-state index contributed by atoms with van der Waals surface area (Å²) in [6, 6.07) is 12.3. The van der Waals surface area contributed by atoms with Crippen LogP contribution in [0.25, 0.3) is 5.76 Å². The maximum absolute atomic E-state index is 13.1. The molecule has 1 saturated heterocycles. The van der Waals surface area contributed by atoms with Crippen molar-refractivity contribution in [3.05, 3.63) is 87.3 Å². The minimum absolute atomic E-state index is 0.0281. The highest BCUT2D eigenvalue weighted by Crippen LogP contribution is 2.43. The predicted molar refractivity (Wildman–Crippen MR) is 123 cm³/mol. The Hall–Kier alpha value is -3.42. The zero-order valence-corrected chi connectivity index (χ0v) is 19.2. The SMILES string of the molecule is COc1cccc(C2/C(=C(\O)c3cc(Cl)c(OC)c(Cl)c3)C(=O)C(=O)N2Cc2ccco2)c1. The topological polar surface area (TPSA) is 89.2 Å². The van der Waals surface area contributed by atoms with Crippen LogP contribution in [0.1, 0.15) is 22.9 Å². The highest BCUT2D eigenvalue weighted by Gasteiger charge is 2.46. The van der Waals surface area contributed by atoms with Gasteiger partial charge in [0.2, 0.25) is 0 Å². The van der Waals surface area contributed by atoms with E-state index in [0.717, 1.165) is 0 Å². The molecular formula is C24H19Cl2NO6. The maximum Gasteiger partial charge on any atom is 0.296 e. The summed E-state index contributed by atoms with van der Waals surface area (Å²) < 4.78 is 15.9. The first kappa shape index (κ1) is 22.8. The van der Waals surface area contributed by atoms with Crippen LogP contribution in [-0.2, 0) is 16.1 Å². The number of halogens is 2. The number of likely N-dealkylation sites (tertiary alicyclic amines) is 1. The van der Waals surface area contributed by atoms with Crippen LogP contribution < -0.4 is 9.47 Å². The van der Waals surface area contributed by atoms with E-state index < -0.39 is 23.5 Å². The smallest absolute Gasteiger partial charge is 0.296 e. The second-order valence-electron chi connectivity index (χ2n) is 7.26. The van der Waals surface area contributed by atoms with Crippen LogP contribution in [-0.4, -0.2) is 35.9 Å². The highest BCUT2D eigenvalue weighted by molar-refractivity contribution is 6.46. The van der Waals surface area contributed by atoms with Gasteiger partial charge in [0, 0.05) is 5.56 Å². The quantitative estimate of drug-likeness (QED) is 0.291. The third kappa shape index (κ3) is 4.17. The number of hydrogen-bond donors (Lipinski definition) is 1. The van der Waals surface area contributed by atoms with Gasteiger partial charge in [-0.05, 0) is 42.0 Å². The number of aliphatic hydroxyl groups excluding tert-OH is 1. The third-order valence-electron chi connectivity index (χ3n) is 5.33. The van der Waals surface area contributed by atoms with E-state index in [1.807, 2.05) is 0 Å². The highest BCUT2D eigenvalue weighted by atomic mass is 35.5. The Morgan fingerprint density at radius 2 is 1.79 bits per heavy atom. The molecule has 2 heterocycles. The Labute approximate surface area is 199 Å². The number of ether oxygens (including phenoxy) is 2. The third-order valence-corrected chi connectivity index (χ3v) is 5.89. The Morgan fingerprint density at radius 3 is 2.39 bits per heavy atom. The molecule has 0 radical (unpaired) electrons. The molecule has 1 aliphatic rings. The van der Waals surface area contributed by atoms with E-state index in [-0.39, 0.29) is 33.5 Å². The fourth-order valence-corrected chi connectivity index (χ4v) is 4.46. The first-order chi connectivity index (χ1) is 15.8. The number of furan rings is 1. The van der Waals surface area contributed by atoms with Crippen molar-refractivity contribution in [3.8, 4) is 11.5 Å². The van der Waals surface area contributed by atoms with Gasteiger partial charge < -0.3 is 23.9 Å². The lowest BCUT2D eigenvalue weighted by Crippen LogP contribution is -2.29. The predicted octanol–water partition coefficient (Wildman–Crippen LogP) is 5.23. The van der Waals surface area contributed by atoms with Gasteiger partial charge in [0.05, 0.1) is 48.7 Å². The molecule has 0 spiro atoms. The Kier molecular flexibility index (Phi) is 6.35. The van der Waals surface area contributed by atoms with Gasteiger partial charge in [0.1, 0.15) is 17.3 Å². The molecule has 3 aromatic rings. The van der Waals surface area contributed by atoms with Crippen LogP contribution in [0.4, 0.5) is 0 Å². The van der Waals surface area contributed by atoms with Crippen molar-refractivity contribution in [2.24, 2.45) is 0 Å². The Bertz CT molecular complexity index is 1230. The van der Waals surface area contributed by atoms with E-state index in [4.69, 9.17) is 37.1 Å². The van der Waals surface area contributed by atoms with Gasteiger partial charge in [-0.25, -0.2) is 0 Å². The normalized spacial score (nSPS) is 17.5. The minimum Gasteiger partial charge on any atom is -0.507 e. The molecule has 1 atom stereocenters. The summed E-state index contributed by atoms with van der Waals surface area (Å²) in [7, 11) is 2.93. The van der Waals surface area contributed by atoms with E-state index in [0.29, 0.717) is 17.1 Å². The molecule has 1 unspecified atom stereocenters. The molecule has 0 aliphatic carbocycles. The van der Waals surface area contributed by atoms with Gasteiger partial charge in [-0.1, -0.05) is 35.3 Å². The number of carbonyl (C=O) groups excluding carboxylic acids is 2. The fraction of sp³-hybridized carbons (Fsp3) is 0.167. The van der Waals surface area contributed by atoms with Crippen molar-refractivity contribution in [2.45, 2.75) is 12.6 Å². The van der Waals surface area contributed by atoms with Gasteiger partial charge in [0.15, 0.2) is 5.75 Å². The number of ketones is 1. The molecule has 0 saturated carbocycles. The number of nitrogens with zero attached hydrogens (tertiary/aromatic N) is 1. The average Bonchev–Trinajstić information content (AvgIpc) is 3.41. The van der Waals surface area contributed by atoms with Gasteiger partial charge in [-0.2, -0.15) is 0 Å². The number of carbonyl (C=O) groups is 2. The van der Waals surface area contributed by atoms with Crippen LogP contribution in [0, 0.1) is 0 Å². The van der Waals surface area contributed by atoms with Crippen molar-refractivity contribution < 1.29 is 28.6 Å². The number of aliphatic hydroxyl groups is 1. The van der Waals surface area contributed by atoms with Crippen molar-refractivity contribution >= 4 is 40.7 Å². The molecule has 1 aliphatic heterocycles. The fourth-order valence-electron chi connectivity index (χ4n) is 3.82. The van der Waals surface area contributed by atoms with E-state index >= 15 is 0 Å². The van der Waals surface area contributed by atoms with Crippen LogP contribution in [0.2, 0.25) is 10.0 Å². The summed E-state index contributed by atoms with van der Waals surface area (Å²) in [6.07, 6.45) is 1.48. The molecule has 1 amide bonds. The number of hydrogen-bond acceptors (Lipinski definition) is 6.